The summed E-state index contributed by atoms with van der Waals surface area (Å²) in [6, 6.07) is 5.44. The average Bonchev–Trinajstić information content (AvgIpc) is 3.31. The Balaban J connectivity index is 1.38. The summed E-state index contributed by atoms with van der Waals surface area (Å²) < 4.78 is 1.91. The smallest absolute Gasteiger partial charge is 0.263 e. The van der Waals surface area contributed by atoms with Gasteiger partial charge in [-0.1, -0.05) is 11.3 Å². The Labute approximate surface area is 166 Å². The molecule has 0 atom stereocenters. The maximum Gasteiger partial charge on any atom is 0.263 e. The lowest BCUT2D eigenvalue weighted by Gasteiger charge is -2.32. The van der Waals surface area contributed by atoms with E-state index in [1.165, 1.54) is 17.4 Å². The lowest BCUT2D eigenvalue weighted by molar-refractivity contribution is 0.0934. The van der Waals surface area contributed by atoms with Crippen LogP contribution in [-0.4, -0.2) is 44.6 Å². The standard InChI is InChI=1S/C19H22N6O2S/c1-12-11-15(26)23-18(20-12)24-9-5-14(6-10-24)22-17(27)16-13(2)21-19(28-16)25-7-3-4-8-25/h3-4,7-8,11,14H,5-6,9-10H2,1-2H3,(H,22,27)(H,20,23,26). The van der Waals surface area contributed by atoms with Crippen LogP contribution in [0.2, 0.25) is 0 Å². The molecule has 4 rings (SSSR count). The Morgan fingerprint density at radius 3 is 2.61 bits per heavy atom. The summed E-state index contributed by atoms with van der Waals surface area (Å²) in [5.74, 6) is 0.526. The number of aryl methyl sites for hydroxylation is 2. The van der Waals surface area contributed by atoms with Gasteiger partial charge in [-0.05, 0) is 38.8 Å². The highest BCUT2D eigenvalue weighted by atomic mass is 32.1. The minimum absolute atomic E-state index is 0.0751. The van der Waals surface area contributed by atoms with E-state index in [9.17, 15) is 9.59 Å². The van der Waals surface area contributed by atoms with Gasteiger partial charge in [0, 0.05) is 43.3 Å². The van der Waals surface area contributed by atoms with E-state index in [-0.39, 0.29) is 17.5 Å². The molecule has 1 aliphatic heterocycles. The second kappa shape index (κ2) is 7.59. The molecule has 0 saturated carbocycles. The number of hydrogen-bond acceptors (Lipinski definition) is 6. The van der Waals surface area contributed by atoms with Crippen LogP contribution in [0.5, 0.6) is 0 Å². The summed E-state index contributed by atoms with van der Waals surface area (Å²) in [6.45, 7) is 5.13. The Morgan fingerprint density at radius 1 is 1.21 bits per heavy atom. The molecule has 3 aromatic heterocycles. The fourth-order valence-electron chi connectivity index (χ4n) is 3.36. The third-order valence-corrected chi connectivity index (χ3v) is 5.97. The van der Waals surface area contributed by atoms with Crippen molar-refractivity contribution in [3.05, 3.63) is 57.2 Å². The third kappa shape index (κ3) is 3.84. The molecule has 0 spiro atoms. The highest BCUT2D eigenvalue weighted by molar-refractivity contribution is 7.16. The molecule has 0 bridgehead atoms. The van der Waals surface area contributed by atoms with Crippen LogP contribution >= 0.6 is 11.3 Å². The van der Waals surface area contributed by atoms with Crippen LogP contribution in [-0.2, 0) is 0 Å². The molecule has 2 N–H and O–H groups in total. The molecule has 3 aromatic rings. The van der Waals surface area contributed by atoms with Crippen molar-refractivity contribution in [1.82, 2.24) is 24.8 Å². The zero-order chi connectivity index (χ0) is 19.7. The number of aromatic nitrogens is 4. The summed E-state index contributed by atoms with van der Waals surface area (Å²) in [5, 5.41) is 3.92. The molecule has 0 unspecified atom stereocenters. The van der Waals surface area contributed by atoms with E-state index in [0.29, 0.717) is 16.5 Å². The van der Waals surface area contributed by atoms with E-state index in [2.05, 4.69) is 25.2 Å². The zero-order valence-electron chi connectivity index (χ0n) is 15.8. The predicted molar refractivity (Wildman–Crippen MR) is 108 cm³/mol. The van der Waals surface area contributed by atoms with Crippen LogP contribution in [0.15, 0.2) is 35.4 Å². The largest absolute Gasteiger partial charge is 0.348 e. The molecule has 1 aliphatic rings. The predicted octanol–water partition coefficient (Wildman–Crippen LogP) is 2.03. The molecule has 0 aliphatic carbocycles. The van der Waals surface area contributed by atoms with Gasteiger partial charge >= 0.3 is 0 Å². The molecule has 0 aromatic carbocycles. The van der Waals surface area contributed by atoms with Crippen LogP contribution in [0.3, 0.4) is 0 Å². The highest BCUT2D eigenvalue weighted by Gasteiger charge is 2.24. The van der Waals surface area contributed by atoms with E-state index in [0.717, 1.165) is 36.8 Å². The maximum absolute atomic E-state index is 12.7. The Morgan fingerprint density at radius 2 is 1.93 bits per heavy atom. The quantitative estimate of drug-likeness (QED) is 0.701. The summed E-state index contributed by atoms with van der Waals surface area (Å²) in [7, 11) is 0. The lowest BCUT2D eigenvalue weighted by atomic mass is 10.1. The van der Waals surface area contributed by atoms with Gasteiger partial charge < -0.3 is 14.8 Å². The number of anilines is 1. The number of carbonyl (C=O) groups is 1. The van der Waals surface area contributed by atoms with Crippen LogP contribution in [0.4, 0.5) is 5.95 Å². The van der Waals surface area contributed by atoms with E-state index >= 15 is 0 Å². The number of nitrogens with one attached hydrogen (secondary N) is 2. The number of rotatable bonds is 4. The topological polar surface area (TPSA) is 95.9 Å². The number of carbonyl (C=O) groups excluding carboxylic acids is 1. The molecule has 8 nitrogen and oxygen atoms in total. The third-order valence-electron chi connectivity index (χ3n) is 4.80. The monoisotopic (exact) mass is 398 g/mol. The van der Waals surface area contributed by atoms with Gasteiger partial charge in [0.2, 0.25) is 5.95 Å². The number of H-pyrrole nitrogens is 1. The second-order valence-corrected chi connectivity index (χ2v) is 7.92. The van der Waals surface area contributed by atoms with Crippen molar-refractivity contribution < 1.29 is 4.79 Å². The summed E-state index contributed by atoms with van der Waals surface area (Å²) in [6.07, 6.45) is 5.43. The van der Waals surface area contributed by atoms with E-state index in [1.807, 2.05) is 42.9 Å². The number of hydrogen-bond donors (Lipinski definition) is 2. The molecule has 28 heavy (non-hydrogen) atoms. The van der Waals surface area contributed by atoms with Gasteiger partial charge in [-0.2, -0.15) is 0 Å². The molecule has 1 fully saturated rings. The fraction of sp³-hybridized carbons (Fsp3) is 0.368. The number of amides is 1. The van der Waals surface area contributed by atoms with Gasteiger partial charge in [-0.3, -0.25) is 14.6 Å². The van der Waals surface area contributed by atoms with Crippen molar-refractivity contribution in [1.29, 1.82) is 0 Å². The van der Waals surface area contributed by atoms with Crippen molar-refractivity contribution in [3.63, 3.8) is 0 Å². The van der Waals surface area contributed by atoms with E-state index in [4.69, 9.17) is 0 Å². The Bertz CT molecular complexity index is 1030. The number of aromatic amines is 1. The molecule has 0 radical (unpaired) electrons. The highest BCUT2D eigenvalue weighted by Crippen LogP contribution is 2.23. The van der Waals surface area contributed by atoms with Crippen molar-refractivity contribution in [2.24, 2.45) is 0 Å². The number of nitrogens with zero attached hydrogens (tertiary/aromatic N) is 4. The zero-order valence-corrected chi connectivity index (χ0v) is 16.6. The lowest BCUT2D eigenvalue weighted by Crippen LogP contribution is -2.45. The molecule has 4 heterocycles. The molecule has 1 saturated heterocycles. The summed E-state index contributed by atoms with van der Waals surface area (Å²) in [5.41, 5.74) is 1.30. The van der Waals surface area contributed by atoms with Crippen molar-refractivity contribution in [2.75, 3.05) is 18.0 Å². The van der Waals surface area contributed by atoms with Crippen molar-refractivity contribution in [3.8, 4) is 5.13 Å². The van der Waals surface area contributed by atoms with Crippen molar-refractivity contribution >= 4 is 23.2 Å². The second-order valence-electron chi connectivity index (χ2n) is 6.95. The average molecular weight is 398 g/mol. The van der Waals surface area contributed by atoms with E-state index in [1.54, 1.807) is 0 Å². The normalized spacial score (nSPS) is 15.0. The van der Waals surface area contributed by atoms with Crippen LogP contribution in [0, 0.1) is 13.8 Å². The minimum atomic E-state index is -0.142. The maximum atomic E-state index is 12.7. The minimum Gasteiger partial charge on any atom is -0.348 e. The summed E-state index contributed by atoms with van der Waals surface area (Å²) in [4.78, 5) is 38.8. The SMILES string of the molecule is Cc1cc(=O)[nH]c(N2CCC(NC(=O)c3sc(-n4cccc4)nc3C)CC2)n1. The Hall–Kier alpha value is -2.94. The van der Waals surface area contributed by atoms with Gasteiger partial charge in [-0.25, -0.2) is 9.97 Å². The first-order valence-corrected chi connectivity index (χ1v) is 10.1. The Kier molecular flexibility index (Phi) is 4.99. The van der Waals surface area contributed by atoms with Gasteiger partial charge in [0.1, 0.15) is 4.88 Å². The fourth-order valence-corrected chi connectivity index (χ4v) is 4.30. The van der Waals surface area contributed by atoms with Gasteiger partial charge in [0.25, 0.3) is 11.5 Å². The van der Waals surface area contributed by atoms with Crippen LogP contribution < -0.4 is 15.8 Å². The van der Waals surface area contributed by atoms with Gasteiger partial charge in [-0.15, -0.1) is 0 Å². The van der Waals surface area contributed by atoms with Crippen molar-refractivity contribution in [2.45, 2.75) is 32.7 Å². The first-order chi connectivity index (χ1) is 13.5. The van der Waals surface area contributed by atoms with Crippen LogP contribution in [0.1, 0.15) is 33.9 Å². The molecular weight excluding hydrogens is 376 g/mol. The molecule has 1 amide bonds. The first-order valence-electron chi connectivity index (χ1n) is 9.24. The molecular formula is C19H22N6O2S. The van der Waals surface area contributed by atoms with Gasteiger partial charge in [0.15, 0.2) is 5.13 Å². The van der Waals surface area contributed by atoms with E-state index < -0.39 is 0 Å². The number of thiazole rings is 1. The van der Waals surface area contributed by atoms with Crippen LogP contribution in [0.25, 0.3) is 5.13 Å². The van der Waals surface area contributed by atoms with Gasteiger partial charge in [0.05, 0.1) is 5.69 Å². The molecule has 146 valence electrons. The summed E-state index contributed by atoms with van der Waals surface area (Å²) >= 11 is 1.39. The number of piperidine rings is 1. The molecule has 9 heteroatoms. The first kappa shape index (κ1) is 18.4.